The van der Waals surface area contributed by atoms with Crippen molar-refractivity contribution < 1.29 is 0 Å². The highest BCUT2D eigenvalue weighted by molar-refractivity contribution is 6.18. The summed E-state index contributed by atoms with van der Waals surface area (Å²) in [5, 5.41) is 3.17. The minimum Gasteiger partial charge on any atom is -0.353 e. The molecule has 1 heterocycles. The minimum atomic E-state index is 0.202. The highest BCUT2D eigenvalue weighted by Crippen LogP contribution is 2.66. The molecule has 98 valence electrons. The van der Waals surface area contributed by atoms with Gasteiger partial charge in [0, 0.05) is 24.0 Å². The summed E-state index contributed by atoms with van der Waals surface area (Å²) >= 11 is 5.69. The van der Waals surface area contributed by atoms with E-state index in [1.54, 1.807) is 0 Å². The van der Waals surface area contributed by atoms with E-state index in [1.165, 1.54) is 24.1 Å². The molecule has 18 heavy (non-hydrogen) atoms. The number of nitrogens with zero attached hydrogens (tertiary/aromatic N) is 2. The number of halogens is 1. The van der Waals surface area contributed by atoms with Crippen LogP contribution in [0.1, 0.15) is 50.8 Å². The third-order valence-electron chi connectivity index (χ3n) is 5.32. The van der Waals surface area contributed by atoms with Gasteiger partial charge < -0.3 is 5.32 Å². The molecule has 3 nitrogen and oxygen atoms in total. The van der Waals surface area contributed by atoms with Crippen LogP contribution in [0.3, 0.4) is 0 Å². The van der Waals surface area contributed by atoms with Crippen LogP contribution in [0.5, 0.6) is 0 Å². The summed E-state index contributed by atoms with van der Waals surface area (Å²) < 4.78 is 0. The van der Waals surface area contributed by atoms with Crippen molar-refractivity contribution in [2.75, 3.05) is 17.7 Å². The van der Waals surface area contributed by atoms with Gasteiger partial charge in [0.05, 0.1) is 5.69 Å². The maximum absolute atomic E-state index is 5.69. The summed E-state index contributed by atoms with van der Waals surface area (Å²) in [5.41, 5.74) is 3.13. The van der Waals surface area contributed by atoms with Gasteiger partial charge in [0.25, 0.3) is 0 Å². The Labute approximate surface area is 113 Å². The Balaban J connectivity index is 2.02. The van der Waals surface area contributed by atoms with Crippen LogP contribution in [0.15, 0.2) is 6.20 Å². The largest absolute Gasteiger partial charge is 0.353 e. The lowest BCUT2D eigenvalue weighted by Crippen LogP contribution is -2.32. The van der Waals surface area contributed by atoms with Crippen molar-refractivity contribution >= 4 is 17.5 Å². The predicted molar refractivity (Wildman–Crippen MR) is 74.3 cm³/mol. The number of rotatable bonds is 3. The van der Waals surface area contributed by atoms with Gasteiger partial charge >= 0.3 is 0 Å². The van der Waals surface area contributed by atoms with Crippen LogP contribution in [0.4, 0.5) is 5.95 Å². The lowest BCUT2D eigenvalue weighted by molar-refractivity contribution is 0.227. The molecule has 2 atom stereocenters. The van der Waals surface area contributed by atoms with E-state index < -0.39 is 0 Å². The normalized spacial score (nSPS) is 31.4. The minimum absolute atomic E-state index is 0.202. The fourth-order valence-electron chi connectivity index (χ4n) is 3.80. The number of fused-ring (bicyclic) bond motifs is 5. The second kappa shape index (κ2) is 3.83. The van der Waals surface area contributed by atoms with Crippen LogP contribution < -0.4 is 5.32 Å². The standard InChI is InChI=1S/C14H20ClN3/c1-13(2)10-4-5-14(13,3)11-9(10)8-17-12(18-11)16-7-6-15/h8,10H,4-7H2,1-3H3,(H,16,17,18). The number of anilines is 1. The summed E-state index contributed by atoms with van der Waals surface area (Å²) in [6.45, 7) is 7.82. The Morgan fingerprint density at radius 1 is 1.44 bits per heavy atom. The molecule has 0 amide bonds. The molecular formula is C14H20ClN3. The number of hydrogen-bond acceptors (Lipinski definition) is 3. The van der Waals surface area contributed by atoms with E-state index >= 15 is 0 Å². The van der Waals surface area contributed by atoms with Crippen molar-refractivity contribution in [3.05, 3.63) is 17.5 Å². The Hall–Kier alpha value is -0.830. The van der Waals surface area contributed by atoms with Crippen molar-refractivity contribution in [3.8, 4) is 0 Å². The average molecular weight is 266 g/mol. The molecule has 1 N–H and O–H groups in total. The molecule has 3 rings (SSSR count). The average Bonchev–Trinajstić information content (AvgIpc) is 2.67. The molecule has 2 bridgehead atoms. The van der Waals surface area contributed by atoms with Gasteiger partial charge in [0.2, 0.25) is 5.95 Å². The van der Waals surface area contributed by atoms with E-state index in [1.807, 2.05) is 6.20 Å². The van der Waals surface area contributed by atoms with Crippen LogP contribution in [-0.4, -0.2) is 22.4 Å². The highest BCUT2D eigenvalue weighted by atomic mass is 35.5. The van der Waals surface area contributed by atoms with Crippen molar-refractivity contribution in [3.63, 3.8) is 0 Å². The Bertz CT molecular complexity index is 486. The zero-order valence-corrected chi connectivity index (χ0v) is 12.0. The first-order valence-electron chi connectivity index (χ1n) is 6.68. The second-order valence-corrected chi connectivity index (χ2v) is 6.64. The molecule has 1 fully saturated rings. The zero-order chi connectivity index (χ0) is 13.0. The van der Waals surface area contributed by atoms with Crippen molar-refractivity contribution in [1.29, 1.82) is 0 Å². The van der Waals surface area contributed by atoms with Gasteiger partial charge in [0.15, 0.2) is 0 Å². The van der Waals surface area contributed by atoms with E-state index in [-0.39, 0.29) is 5.41 Å². The molecular weight excluding hydrogens is 246 g/mol. The number of hydrogen-bond donors (Lipinski definition) is 1. The number of aromatic nitrogens is 2. The maximum Gasteiger partial charge on any atom is 0.222 e. The topological polar surface area (TPSA) is 37.8 Å². The Kier molecular flexibility index (Phi) is 2.60. The number of nitrogens with one attached hydrogen (secondary N) is 1. The fourth-order valence-corrected chi connectivity index (χ4v) is 3.90. The highest BCUT2D eigenvalue weighted by Gasteiger charge is 2.60. The van der Waals surface area contributed by atoms with Gasteiger partial charge in [-0.1, -0.05) is 20.8 Å². The summed E-state index contributed by atoms with van der Waals surface area (Å²) in [6, 6.07) is 0. The van der Waals surface area contributed by atoms with Crippen molar-refractivity contribution in [2.45, 2.75) is 44.9 Å². The molecule has 2 unspecified atom stereocenters. The van der Waals surface area contributed by atoms with E-state index in [0.29, 0.717) is 23.8 Å². The van der Waals surface area contributed by atoms with Gasteiger partial charge in [0.1, 0.15) is 0 Å². The van der Waals surface area contributed by atoms with Gasteiger partial charge in [-0.2, -0.15) is 0 Å². The van der Waals surface area contributed by atoms with Crippen LogP contribution in [0.25, 0.3) is 0 Å². The molecule has 0 aliphatic heterocycles. The lowest BCUT2D eigenvalue weighted by Gasteiger charge is -2.34. The van der Waals surface area contributed by atoms with Crippen molar-refractivity contribution in [1.82, 2.24) is 9.97 Å². The van der Waals surface area contributed by atoms with Crippen molar-refractivity contribution in [2.24, 2.45) is 5.41 Å². The fraction of sp³-hybridized carbons (Fsp3) is 0.714. The molecule has 1 aromatic heterocycles. The maximum atomic E-state index is 5.69. The van der Waals surface area contributed by atoms with Crippen LogP contribution in [-0.2, 0) is 5.41 Å². The molecule has 1 saturated carbocycles. The molecule has 1 aromatic rings. The van der Waals surface area contributed by atoms with E-state index in [9.17, 15) is 0 Å². The first-order chi connectivity index (χ1) is 8.50. The summed E-state index contributed by atoms with van der Waals surface area (Å²) in [6.07, 6.45) is 4.54. The zero-order valence-electron chi connectivity index (χ0n) is 11.3. The molecule has 0 radical (unpaired) electrons. The Morgan fingerprint density at radius 3 is 2.94 bits per heavy atom. The number of alkyl halides is 1. The first-order valence-corrected chi connectivity index (χ1v) is 7.21. The van der Waals surface area contributed by atoms with E-state index in [2.05, 4.69) is 31.1 Å². The SMILES string of the molecule is CC12CCC(c3cnc(NCCCl)nc31)C2(C)C. The van der Waals surface area contributed by atoms with Gasteiger partial charge in [-0.15, -0.1) is 11.6 Å². The van der Waals surface area contributed by atoms with Crippen LogP contribution in [0.2, 0.25) is 0 Å². The van der Waals surface area contributed by atoms with Gasteiger partial charge in [-0.05, 0) is 29.7 Å². The predicted octanol–water partition coefficient (Wildman–Crippen LogP) is 3.30. The third kappa shape index (κ3) is 1.37. The van der Waals surface area contributed by atoms with Crippen LogP contribution >= 0.6 is 11.6 Å². The molecule has 0 aromatic carbocycles. The van der Waals surface area contributed by atoms with E-state index in [0.717, 1.165) is 5.95 Å². The van der Waals surface area contributed by atoms with E-state index in [4.69, 9.17) is 16.6 Å². The second-order valence-electron chi connectivity index (χ2n) is 6.26. The first kappa shape index (κ1) is 12.2. The molecule has 0 spiro atoms. The van der Waals surface area contributed by atoms with Gasteiger partial charge in [-0.25, -0.2) is 9.97 Å². The quantitative estimate of drug-likeness (QED) is 0.852. The monoisotopic (exact) mass is 265 g/mol. The third-order valence-corrected chi connectivity index (χ3v) is 5.51. The molecule has 2 aliphatic rings. The smallest absolute Gasteiger partial charge is 0.222 e. The lowest BCUT2D eigenvalue weighted by atomic mass is 9.70. The van der Waals surface area contributed by atoms with Crippen LogP contribution in [0, 0.1) is 5.41 Å². The summed E-state index contributed by atoms with van der Waals surface area (Å²) in [5.74, 6) is 1.92. The Morgan fingerprint density at radius 2 is 2.22 bits per heavy atom. The molecule has 2 aliphatic carbocycles. The molecule has 4 heteroatoms. The molecule has 0 saturated heterocycles. The van der Waals surface area contributed by atoms with Gasteiger partial charge in [-0.3, -0.25) is 0 Å². The summed E-state index contributed by atoms with van der Waals surface area (Å²) in [7, 11) is 0. The summed E-state index contributed by atoms with van der Waals surface area (Å²) in [4.78, 5) is 9.18.